The number of amides is 2. The minimum Gasteiger partial charge on any atom is -0.495 e. The van der Waals surface area contributed by atoms with Crippen LogP contribution in [0.15, 0.2) is 48.5 Å². The lowest BCUT2D eigenvalue weighted by molar-refractivity contribution is 0.252. The molecule has 4 nitrogen and oxygen atoms in total. The fraction of sp³-hybridized carbons (Fsp3) is 0.278. The third kappa shape index (κ3) is 4.81. The molecule has 0 saturated carbocycles. The van der Waals surface area contributed by atoms with E-state index in [0.29, 0.717) is 18.0 Å². The Balaban J connectivity index is 1.72. The Kier molecular flexibility index (Phi) is 5.83. The molecular weight excluding hydrogens is 276 g/mol. The monoisotopic (exact) mass is 298 g/mol. The summed E-state index contributed by atoms with van der Waals surface area (Å²) in [5, 5.41) is 5.65. The highest BCUT2D eigenvalue weighted by atomic mass is 16.5. The first-order valence-corrected chi connectivity index (χ1v) is 7.42. The van der Waals surface area contributed by atoms with E-state index < -0.39 is 0 Å². The quantitative estimate of drug-likeness (QED) is 0.798. The highest BCUT2D eigenvalue weighted by Crippen LogP contribution is 2.22. The molecule has 0 saturated heterocycles. The molecule has 0 aliphatic carbocycles. The van der Waals surface area contributed by atoms with Crippen molar-refractivity contribution in [3.05, 3.63) is 59.7 Å². The van der Waals surface area contributed by atoms with Crippen LogP contribution in [0, 0.1) is 6.92 Å². The van der Waals surface area contributed by atoms with Gasteiger partial charge < -0.3 is 15.4 Å². The van der Waals surface area contributed by atoms with Crippen molar-refractivity contribution in [1.29, 1.82) is 0 Å². The van der Waals surface area contributed by atoms with Gasteiger partial charge in [0, 0.05) is 6.54 Å². The molecule has 2 aromatic carbocycles. The van der Waals surface area contributed by atoms with E-state index in [1.54, 1.807) is 7.11 Å². The molecule has 0 unspecified atom stereocenters. The van der Waals surface area contributed by atoms with Crippen LogP contribution in [0.4, 0.5) is 10.5 Å². The van der Waals surface area contributed by atoms with E-state index in [0.717, 1.165) is 12.8 Å². The molecule has 0 bridgehead atoms. The second-order valence-corrected chi connectivity index (χ2v) is 5.17. The third-order valence-electron chi connectivity index (χ3n) is 3.40. The molecule has 2 N–H and O–H groups in total. The van der Waals surface area contributed by atoms with Crippen LogP contribution in [0.2, 0.25) is 0 Å². The first-order chi connectivity index (χ1) is 10.7. The SMILES string of the molecule is COc1ccccc1NC(=O)NCCCc1ccc(C)cc1. The van der Waals surface area contributed by atoms with Crippen LogP contribution in [0.1, 0.15) is 17.5 Å². The molecule has 0 aliphatic heterocycles. The van der Waals surface area contributed by atoms with Crippen molar-refractivity contribution in [3.63, 3.8) is 0 Å². The maximum atomic E-state index is 11.9. The molecule has 0 radical (unpaired) electrons. The van der Waals surface area contributed by atoms with Crippen LogP contribution < -0.4 is 15.4 Å². The van der Waals surface area contributed by atoms with Crippen molar-refractivity contribution in [2.45, 2.75) is 19.8 Å². The molecule has 0 fully saturated rings. The van der Waals surface area contributed by atoms with E-state index in [9.17, 15) is 4.79 Å². The number of rotatable bonds is 6. The fourth-order valence-corrected chi connectivity index (χ4v) is 2.16. The van der Waals surface area contributed by atoms with Crippen LogP contribution in [0.25, 0.3) is 0 Å². The second-order valence-electron chi connectivity index (χ2n) is 5.17. The number of para-hydroxylation sites is 2. The third-order valence-corrected chi connectivity index (χ3v) is 3.40. The number of aryl methyl sites for hydroxylation is 2. The largest absolute Gasteiger partial charge is 0.495 e. The topological polar surface area (TPSA) is 50.4 Å². The molecule has 2 aromatic rings. The van der Waals surface area contributed by atoms with E-state index in [-0.39, 0.29) is 6.03 Å². The van der Waals surface area contributed by atoms with E-state index in [1.807, 2.05) is 24.3 Å². The number of hydrogen-bond acceptors (Lipinski definition) is 2. The van der Waals surface area contributed by atoms with Gasteiger partial charge in [-0.3, -0.25) is 0 Å². The van der Waals surface area contributed by atoms with Gasteiger partial charge in [0.1, 0.15) is 5.75 Å². The van der Waals surface area contributed by atoms with Gasteiger partial charge in [-0.05, 0) is 37.5 Å². The first-order valence-electron chi connectivity index (χ1n) is 7.42. The number of carbonyl (C=O) groups excluding carboxylic acids is 1. The Bertz CT molecular complexity index is 609. The minimum absolute atomic E-state index is 0.214. The summed E-state index contributed by atoms with van der Waals surface area (Å²) in [5.41, 5.74) is 3.22. The van der Waals surface area contributed by atoms with Gasteiger partial charge in [0.25, 0.3) is 0 Å². The van der Waals surface area contributed by atoms with Crippen molar-refractivity contribution in [1.82, 2.24) is 5.32 Å². The molecule has 0 spiro atoms. The first kappa shape index (κ1) is 15.9. The number of benzene rings is 2. The molecule has 0 aromatic heterocycles. The summed E-state index contributed by atoms with van der Waals surface area (Å²) in [4.78, 5) is 11.9. The average Bonchev–Trinajstić information content (AvgIpc) is 2.54. The summed E-state index contributed by atoms with van der Waals surface area (Å²) in [5.74, 6) is 0.650. The number of hydrogen-bond donors (Lipinski definition) is 2. The number of nitrogens with one attached hydrogen (secondary N) is 2. The molecule has 116 valence electrons. The second kappa shape index (κ2) is 8.08. The lowest BCUT2D eigenvalue weighted by Gasteiger charge is -2.11. The van der Waals surface area contributed by atoms with Crippen molar-refractivity contribution in [2.75, 3.05) is 19.0 Å². The molecule has 22 heavy (non-hydrogen) atoms. The van der Waals surface area contributed by atoms with Gasteiger partial charge in [0.2, 0.25) is 0 Å². The number of methoxy groups -OCH3 is 1. The average molecular weight is 298 g/mol. The number of urea groups is 1. The van der Waals surface area contributed by atoms with Gasteiger partial charge in [0.05, 0.1) is 12.8 Å². The Hall–Kier alpha value is -2.49. The smallest absolute Gasteiger partial charge is 0.319 e. The molecule has 2 amide bonds. The summed E-state index contributed by atoms with van der Waals surface area (Å²) in [7, 11) is 1.58. The van der Waals surface area contributed by atoms with Crippen LogP contribution in [-0.2, 0) is 6.42 Å². The Morgan fingerprint density at radius 1 is 1.09 bits per heavy atom. The lowest BCUT2D eigenvalue weighted by Crippen LogP contribution is -2.29. The normalized spacial score (nSPS) is 10.1. The molecule has 0 atom stereocenters. The van der Waals surface area contributed by atoms with Gasteiger partial charge in [-0.15, -0.1) is 0 Å². The van der Waals surface area contributed by atoms with Gasteiger partial charge in [0.15, 0.2) is 0 Å². The predicted octanol–water partition coefficient (Wildman–Crippen LogP) is 3.76. The highest BCUT2D eigenvalue weighted by molar-refractivity contribution is 5.90. The number of anilines is 1. The van der Waals surface area contributed by atoms with Gasteiger partial charge in [-0.1, -0.05) is 42.0 Å². The summed E-state index contributed by atoms with van der Waals surface area (Å²) < 4.78 is 5.20. The Labute approximate surface area is 131 Å². The van der Waals surface area contributed by atoms with Gasteiger partial charge in [-0.2, -0.15) is 0 Å². The zero-order valence-corrected chi connectivity index (χ0v) is 13.1. The van der Waals surface area contributed by atoms with E-state index in [2.05, 4.69) is 41.8 Å². The number of carbonyl (C=O) groups is 1. The van der Waals surface area contributed by atoms with Crippen LogP contribution in [0.5, 0.6) is 5.75 Å². The summed E-state index contributed by atoms with van der Waals surface area (Å²) in [6.45, 7) is 2.71. The van der Waals surface area contributed by atoms with E-state index >= 15 is 0 Å². The maximum Gasteiger partial charge on any atom is 0.319 e. The fourth-order valence-electron chi connectivity index (χ4n) is 2.16. The summed E-state index contributed by atoms with van der Waals surface area (Å²) in [6.07, 6.45) is 1.86. The zero-order valence-electron chi connectivity index (χ0n) is 13.1. The summed E-state index contributed by atoms with van der Waals surface area (Å²) >= 11 is 0. The predicted molar refractivity (Wildman–Crippen MR) is 89.5 cm³/mol. The van der Waals surface area contributed by atoms with Crippen LogP contribution in [0.3, 0.4) is 0 Å². The molecule has 0 aliphatic rings. The molecular formula is C18H22N2O2. The zero-order chi connectivity index (χ0) is 15.8. The van der Waals surface area contributed by atoms with Crippen molar-refractivity contribution < 1.29 is 9.53 Å². The van der Waals surface area contributed by atoms with E-state index in [4.69, 9.17) is 4.74 Å². The van der Waals surface area contributed by atoms with Crippen molar-refractivity contribution in [2.24, 2.45) is 0 Å². The minimum atomic E-state index is -0.214. The van der Waals surface area contributed by atoms with Gasteiger partial charge >= 0.3 is 6.03 Å². The highest BCUT2D eigenvalue weighted by Gasteiger charge is 2.05. The van der Waals surface area contributed by atoms with E-state index in [1.165, 1.54) is 11.1 Å². The molecule has 0 heterocycles. The molecule has 2 rings (SSSR count). The Morgan fingerprint density at radius 2 is 1.82 bits per heavy atom. The van der Waals surface area contributed by atoms with Crippen LogP contribution >= 0.6 is 0 Å². The summed E-state index contributed by atoms with van der Waals surface area (Å²) in [6, 6.07) is 15.6. The van der Waals surface area contributed by atoms with Crippen LogP contribution in [-0.4, -0.2) is 19.7 Å². The van der Waals surface area contributed by atoms with Crippen molar-refractivity contribution >= 4 is 11.7 Å². The lowest BCUT2D eigenvalue weighted by atomic mass is 10.1. The Morgan fingerprint density at radius 3 is 2.55 bits per heavy atom. The number of ether oxygens (including phenoxy) is 1. The maximum absolute atomic E-state index is 11.9. The van der Waals surface area contributed by atoms with Gasteiger partial charge in [-0.25, -0.2) is 4.79 Å². The standard InChI is InChI=1S/C18H22N2O2/c1-14-9-11-15(12-10-14)6-5-13-19-18(21)20-16-7-3-4-8-17(16)22-2/h3-4,7-12H,5-6,13H2,1-2H3,(H2,19,20,21). The molecule has 4 heteroatoms. The van der Waals surface area contributed by atoms with Crippen molar-refractivity contribution in [3.8, 4) is 5.75 Å².